The first-order chi connectivity index (χ1) is 8.17. The van der Waals surface area contributed by atoms with Gasteiger partial charge in [-0.25, -0.2) is 5.01 Å². The molecule has 6 nitrogen and oxygen atoms in total. The van der Waals surface area contributed by atoms with Crippen LogP contribution in [0, 0.1) is 0 Å². The van der Waals surface area contributed by atoms with Crippen molar-refractivity contribution in [2.45, 2.75) is 6.54 Å². The van der Waals surface area contributed by atoms with Crippen LogP contribution in [0.1, 0.15) is 5.56 Å². The highest BCUT2D eigenvalue weighted by molar-refractivity contribution is 5.26. The third-order valence-electron chi connectivity index (χ3n) is 2.21. The molecular weight excluding hydrogens is 218 g/mol. The van der Waals surface area contributed by atoms with Crippen LogP contribution >= 0.6 is 0 Å². The monoisotopic (exact) mass is 241 g/mol. The molecule has 0 spiro atoms. The fraction of sp³-hybridized carbons (Fsp3) is 0.455. The van der Waals surface area contributed by atoms with Crippen molar-refractivity contribution in [1.82, 2.24) is 10.1 Å². The number of hydrogen-bond donors (Lipinski definition) is 3. The van der Waals surface area contributed by atoms with E-state index in [1.165, 1.54) is 7.05 Å². The van der Waals surface area contributed by atoms with Crippen molar-refractivity contribution in [2.24, 2.45) is 17.3 Å². The summed E-state index contributed by atoms with van der Waals surface area (Å²) >= 11 is 0. The Balaban J connectivity index is 0.00000121. The van der Waals surface area contributed by atoms with Gasteiger partial charge in [0.1, 0.15) is 5.75 Å². The Hall–Kier alpha value is -1.18. The van der Waals surface area contributed by atoms with Crippen molar-refractivity contribution in [1.29, 1.82) is 0 Å². The fourth-order valence-corrected chi connectivity index (χ4v) is 1.14. The second-order valence-corrected chi connectivity index (χ2v) is 3.29. The van der Waals surface area contributed by atoms with Gasteiger partial charge in [0.05, 0.1) is 20.3 Å². The summed E-state index contributed by atoms with van der Waals surface area (Å²) in [6.45, 7) is 1.02. The van der Waals surface area contributed by atoms with Crippen LogP contribution in [0.15, 0.2) is 24.3 Å². The molecular formula is C11H23N5O. The van der Waals surface area contributed by atoms with Gasteiger partial charge >= 0.3 is 0 Å². The molecule has 0 aliphatic heterocycles. The number of rotatable bonds is 5. The largest absolute Gasteiger partial charge is 0.497 e. The van der Waals surface area contributed by atoms with Crippen molar-refractivity contribution in [3.8, 4) is 5.75 Å². The smallest absolute Gasteiger partial charge is 0.118 e. The second-order valence-electron chi connectivity index (χ2n) is 3.29. The number of methoxy groups -OCH3 is 1. The molecule has 0 atom stereocenters. The van der Waals surface area contributed by atoms with E-state index in [1.54, 1.807) is 17.2 Å². The van der Waals surface area contributed by atoms with Gasteiger partial charge in [0.25, 0.3) is 0 Å². The fourth-order valence-electron chi connectivity index (χ4n) is 1.14. The lowest BCUT2D eigenvalue weighted by atomic mass is 10.2. The van der Waals surface area contributed by atoms with E-state index in [9.17, 15) is 0 Å². The van der Waals surface area contributed by atoms with Gasteiger partial charge in [0.2, 0.25) is 0 Å². The Morgan fingerprint density at radius 3 is 2.12 bits per heavy atom. The molecule has 17 heavy (non-hydrogen) atoms. The third kappa shape index (κ3) is 5.62. The van der Waals surface area contributed by atoms with Crippen LogP contribution in [0.4, 0.5) is 0 Å². The van der Waals surface area contributed by atoms with Gasteiger partial charge in [-0.1, -0.05) is 12.1 Å². The molecule has 1 rings (SSSR count). The average molecular weight is 241 g/mol. The quantitative estimate of drug-likeness (QED) is 0.372. The van der Waals surface area contributed by atoms with Gasteiger partial charge in [0, 0.05) is 7.05 Å². The van der Waals surface area contributed by atoms with Crippen LogP contribution in [0.3, 0.4) is 0 Å². The maximum absolute atomic E-state index is 5.78. The standard InChI is InChI=1S/C10H18N4O.CH5N/c1-13(8-11)14(12)7-9-3-5-10(15-2)6-4-9;1-2/h3-6H,7-8,11-12H2,1-2H3;2H2,1H3. The predicted octanol–water partition coefficient (Wildman–Crippen LogP) is -0.291. The zero-order valence-corrected chi connectivity index (χ0v) is 10.8. The molecule has 0 fully saturated rings. The summed E-state index contributed by atoms with van der Waals surface area (Å²) in [5, 5.41) is 3.31. The number of benzene rings is 1. The van der Waals surface area contributed by atoms with E-state index in [4.69, 9.17) is 16.3 Å². The van der Waals surface area contributed by atoms with Gasteiger partial charge in [-0.2, -0.15) is 5.12 Å². The number of ether oxygens (including phenoxy) is 1. The topological polar surface area (TPSA) is 93.8 Å². The molecule has 98 valence electrons. The highest BCUT2D eigenvalue weighted by atomic mass is 16.5. The van der Waals surface area contributed by atoms with Crippen LogP contribution < -0.4 is 22.0 Å². The first kappa shape index (κ1) is 15.8. The van der Waals surface area contributed by atoms with Crippen molar-refractivity contribution in [2.75, 3.05) is 27.9 Å². The van der Waals surface area contributed by atoms with E-state index in [0.717, 1.165) is 11.3 Å². The van der Waals surface area contributed by atoms with Gasteiger partial charge < -0.3 is 16.2 Å². The molecule has 1 aromatic rings. The summed E-state index contributed by atoms with van der Waals surface area (Å²) in [5.74, 6) is 6.62. The van der Waals surface area contributed by atoms with E-state index in [1.807, 2.05) is 31.3 Å². The minimum atomic E-state index is 0.395. The summed E-state index contributed by atoms with van der Waals surface area (Å²) in [7, 11) is 4.98. The molecule has 0 bridgehead atoms. The predicted molar refractivity (Wildman–Crippen MR) is 69.7 cm³/mol. The minimum Gasteiger partial charge on any atom is -0.497 e. The van der Waals surface area contributed by atoms with Crippen LogP contribution in [0.25, 0.3) is 0 Å². The zero-order valence-electron chi connectivity index (χ0n) is 10.8. The first-order valence-corrected chi connectivity index (χ1v) is 5.31. The van der Waals surface area contributed by atoms with Crippen molar-refractivity contribution >= 4 is 0 Å². The summed E-state index contributed by atoms with van der Waals surface area (Å²) in [5.41, 5.74) is 11.1. The van der Waals surface area contributed by atoms with Crippen molar-refractivity contribution in [3.63, 3.8) is 0 Å². The van der Waals surface area contributed by atoms with Crippen molar-refractivity contribution < 1.29 is 4.74 Å². The summed E-state index contributed by atoms with van der Waals surface area (Å²) in [4.78, 5) is 0. The normalized spacial score (nSPS) is 10.1. The molecule has 6 heteroatoms. The van der Waals surface area contributed by atoms with Crippen LogP contribution in [-0.4, -0.2) is 38.0 Å². The van der Waals surface area contributed by atoms with E-state index in [0.29, 0.717) is 13.2 Å². The van der Waals surface area contributed by atoms with Crippen LogP contribution in [0.2, 0.25) is 0 Å². The SMILES string of the molecule is CN.COc1ccc(CN(N)N(C)CN)cc1. The van der Waals surface area contributed by atoms with E-state index in [-0.39, 0.29) is 0 Å². The molecule has 0 radical (unpaired) electrons. The Labute approximate surface area is 103 Å². The number of nitrogens with two attached hydrogens (primary N) is 3. The zero-order chi connectivity index (χ0) is 13.3. The number of nitrogens with zero attached hydrogens (tertiary/aromatic N) is 2. The van der Waals surface area contributed by atoms with Crippen molar-refractivity contribution in [3.05, 3.63) is 29.8 Å². The third-order valence-corrected chi connectivity index (χ3v) is 2.21. The Kier molecular flexibility index (Phi) is 8.29. The molecule has 0 aromatic heterocycles. The molecule has 0 heterocycles. The first-order valence-electron chi connectivity index (χ1n) is 5.31. The van der Waals surface area contributed by atoms with Gasteiger partial charge in [-0.05, 0) is 24.7 Å². The summed E-state index contributed by atoms with van der Waals surface area (Å²) in [6.07, 6.45) is 0. The molecule has 1 aromatic carbocycles. The lowest BCUT2D eigenvalue weighted by molar-refractivity contribution is -0.00797. The summed E-state index contributed by atoms with van der Waals surface area (Å²) < 4.78 is 5.07. The van der Waals surface area contributed by atoms with Gasteiger partial charge in [-0.15, -0.1) is 0 Å². The lowest BCUT2D eigenvalue weighted by Gasteiger charge is -2.25. The van der Waals surface area contributed by atoms with Gasteiger partial charge in [0.15, 0.2) is 0 Å². The molecule has 0 aliphatic carbocycles. The molecule has 0 saturated carbocycles. The van der Waals surface area contributed by atoms with Crippen LogP contribution in [0.5, 0.6) is 5.75 Å². The Bertz CT molecular complexity index is 290. The van der Waals surface area contributed by atoms with Gasteiger partial charge in [-0.3, -0.25) is 5.84 Å². The highest BCUT2D eigenvalue weighted by Crippen LogP contribution is 2.12. The number of hydrogen-bond acceptors (Lipinski definition) is 6. The van der Waals surface area contributed by atoms with Crippen LogP contribution in [-0.2, 0) is 6.54 Å². The molecule has 0 unspecified atom stereocenters. The van der Waals surface area contributed by atoms with E-state index < -0.39 is 0 Å². The van der Waals surface area contributed by atoms with E-state index in [2.05, 4.69) is 5.73 Å². The Morgan fingerprint density at radius 1 is 1.18 bits per heavy atom. The molecule has 0 amide bonds. The molecule has 0 saturated heterocycles. The lowest BCUT2D eigenvalue weighted by Crippen LogP contribution is -2.46. The average Bonchev–Trinajstić information content (AvgIpc) is 2.40. The van der Waals surface area contributed by atoms with E-state index >= 15 is 0 Å². The summed E-state index contributed by atoms with van der Waals surface area (Å²) in [6, 6.07) is 7.77. The Morgan fingerprint density at radius 2 is 1.71 bits per heavy atom. The molecule has 0 aliphatic rings. The second kappa shape index (κ2) is 8.91. The molecule has 6 N–H and O–H groups in total. The highest BCUT2D eigenvalue weighted by Gasteiger charge is 2.05. The maximum Gasteiger partial charge on any atom is 0.118 e. The number of hydrazine groups is 2. The maximum atomic E-state index is 5.78. The minimum absolute atomic E-state index is 0.395.